The molecular formula is C21H16F4N2O2. The van der Waals surface area contributed by atoms with Gasteiger partial charge in [0.2, 0.25) is 0 Å². The molecule has 3 aromatic rings. The van der Waals surface area contributed by atoms with E-state index < -0.39 is 29.5 Å². The molecule has 29 heavy (non-hydrogen) atoms. The summed E-state index contributed by atoms with van der Waals surface area (Å²) in [6, 6.07) is 11.8. The zero-order valence-electron chi connectivity index (χ0n) is 15.2. The third-order valence-corrected chi connectivity index (χ3v) is 4.26. The zero-order valence-corrected chi connectivity index (χ0v) is 15.2. The molecule has 0 aliphatic carbocycles. The summed E-state index contributed by atoms with van der Waals surface area (Å²) in [7, 11) is 1.49. The van der Waals surface area contributed by atoms with E-state index in [0.29, 0.717) is 5.75 Å². The highest BCUT2D eigenvalue weighted by molar-refractivity contribution is 5.94. The van der Waals surface area contributed by atoms with E-state index in [1.807, 2.05) is 0 Å². The Hall–Kier alpha value is -3.42. The largest absolute Gasteiger partial charge is 0.497 e. The second-order valence-corrected chi connectivity index (χ2v) is 6.13. The summed E-state index contributed by atoms with van der Waals surface area (Å²) in [5.41, 5.74) is -0.409. The first-order chi connectivity index (χ1) is 13.8. The fraction of sp³-hybridized carbons (Fsp3) is 0.143. The van der Waals surface area contributed by atoms with Crippen molar-refractivity contribution >= 4 is 5.91 Å². The van der Waals surface area contributed by atoms with Crippen LogP contribution in [-0.4, -0.2) is 18.0 Å². The predicted octanol–water partition coefficient (Wildman–Crippen LogP) is 4.77. The SMILES string of the molecule is COc1ccc(C(=O)NC(c2ccc(C(F)(F)F)cc2)c2ncccc2F)cc1. The van der Waals surface area contributed by atoms with Gasteiger partial charge in [-0.3, -0.25) is 9.78 Å². The van der Waals surface area contributed by atoms with Crippen molar-refractivity contribution in [3.8, 4) is 5.75 Å². The van der Waals surface area contributed by atoms with Gasteiger partial charge >= 0.3 is 6.18 Å². The van der Waals surface area contributed by atoms with Crippen LogP contribution in [0.1, 0.15) is 33.2 Å². The van der Waals surface area contributed by atoms with Gasteiger partial charge in [0, 0.05) is 11.8 Å². The third kappa shape index (κ3) is 4.71. The fourth-order valence-electron chi connectivity index (χ4n) is 2.74. The number of alkyl halides is 3. The number of nitrogens with zero attached hydrogens (tertiary/aromatic N) is 1. The van der Waals surface area contributed by atoms with Crippen molar-refractivity contribution in [2.24, 2.45) is 0 Å². The lowest BCUT2D eigenvalue weighted by molar-refractivity contribution is -0.137. The average molecular weight is 404 g/mol. The van der Waals surface area contributed by atoms with Crippen molar-refractivity contribution < 1.29 is 27.1 Å². The lowest BCUT2D eigenvalue weighted by atomic mass is 10.00. The maximum atomic E-state index is 14.3. The highest BCUT2D eigenvalue weighted by Crippen LogP contribution is 2.31. The number of ether oxygens (including phenoxy) is 1. The maximum absolute atomic E-state index is 14.3. The number of hydrogen-bond acceptors (Lipinski definition) is 3. The van der Waals surface area contributed by atoms with Crippen LogP contribution in [-0.2, 0) is 6.18 Å². The molecular weight excluding hydrogens is 388 g/mol. The lowest BCUT2D eigenvalue weighted by Crippen LogP contribution is -2.30. The van der Waals surface area contributed by atoms with E-state index in [2.05, 4.69) is 10.3 Å². The number of hydrogen-bond donors (Lipinski definition) is 1. The van der Waals surface area contributed by atoms with Gasteiger partial charge in [-0.15, -0.1) is 0 Å². The Bertz CT molecular complexity index is 987. The van der Waals surface area contributed by atoms with Crippen LogP contribution in [0.3, 0.4) is 0 Å². The van der Waals surface area contributed by atoms with Gasteiger partial charge < -0.3 is 10.1 Å². The molecule has 4 nitrogen and oxygen atoms in total. The number of halogens is 4. The minimum absolute atomic E-state index is 0.103. The Morgan fingerprint density at radius 3 is 2.24 bits per heavy atom. The van der Waals surface area contributed by atoms with Crippen LogP contribution in [0.2, 0.25) is 0 Å². The Kier molecular flexibility index (Phi) is 5.81. The number of carbonyl (C=O) groups is 1. The molecule has 2 aromatic carbocycles. The number of aromatic nitrogens is 1. The normalized spacial score (nSPS) is 12.3. The third-order valence-electron chi connectivity index (χ3n) is 4.26. The first kappa shape index (κ1) is 20.3. The Labute approximate surface area is 164 Å². The average Bonchev–Trinajstić information content (AvgIpc) is 2.72. The molecule has 0 radical (unpaired) electrons. The fourth-order valence-corrected chi connectivity index (χ4v) is 2.74. The summed E-state index contributed by atoms with van der Waals surface area (Å²) in [6.07, 6.45) is -3.16. The summed E-state index contributed by atoms with van der Waals surface area (Å²) in [4.78, 5) is 16.6. The first-order valence-electron chi connectivity index (χ1n) is 8.52. The highest BCUT2D eigenvalue weighted by Gasteiger charge is 2.31. The van der Waals surface area contributed by atoms with E-state index >= 15 is 0 Å². The number of amides is 1. The van der Waals surface area contributed by atoms with E-state index in [0.717, 1.165) is 12.1 Å². The van der Waals surface area contributed by atoms with Crippen LogP contribution in [0, 0.1) is 5.82 Å². The highest BCUT2D eigenvalue weighted by atomic mass is 19.4. The van der Waals surface area contributed by atoms with Gasteiger partial charge in [0.1, 0.15) is 17.3 Å². The molecule has 0 bridgehead atoms. The molecule has 0 spiro atoms. The molecule has 1 unspecified atom stereocenters. The Morgan fingerprint density at radius 2 is 1.69 bits per heavy atom. The van der Waals surface area contributed by atoms with Crippen molar-refractivity contribution in [2.75, 3.05) is 7.11 Å². The summed E-state index contributed by atoms with van der Waals surface area (Å²) in [6.45, 7) is 0. The van der Waals surface area contributed by atoms with Crippen molar-refractivity contribution in [1.82, 2.24) is 10.3 Å². The van der Waals surface area contributed by atoms with Crippen molar-refractivity contribution in [3.63, 3.8) is 0 Å². The second-order valence-electron chi connectivity index (χ2n) is 6.13. The van der Waals surface area contributed by atoms with E-state index in [-0.39, 0.29) is 16.8 Å². The van der Waals surface area contributed by atoms with Crippen LogP contribution in [0.15, 0.2) is 66.9 Å². The molecule has 1 heterocycles. The summed E-state index contributed by atoms with van der Waals surface area (Å²) in [5, 5.41) is 2.64. The zero-order chi connectivity index (χ0) is 21.0. The summed E-state index contributed by atoms with van der Waals surface area (Å²) < 4.78 is 57.9. The minimum atomic E-state index is -4.50. The van der Waals surface area contributed by atoms with Crippen LogP contribution in [0.4, 0.5) is 17.6 Å². The monoisotopic (exact) mass is 404 g/mol. The summed E-state index contributed by atoms with van der Waals surface area (Å²) in [5.74, 6) is -0.674. The molecule has 1 N–H and O–H groups in total. The first-order valence-corrected chi connectivity index (χ1v) is 8.52. The van der Waals surface area contributed by atoms with Crippen LogP contribution in [0.25, 0.3) is 0 Å². The molecule has 0 fully saturated rings. The number of nitrogens with one attached hydrogen (secondary N) is 1. The van der Waals surface area contributed by atoms with Gasteiger partial charge in [-0.1, -0.05) is 12.1 Å². The van der Waals surface area contributed by atoms with Gasteiger partial charge in [-0.2, -0.15) is 13.2 Å². The van der Waals surface area contributed by atoms with Gasteiger partial charge in [0.15, 0.2) is 0 Å². The molecule has 0 saturated carbocycles. The quantitative estimate of drug-likeness (QED) is 0.624. The Balaban J connectivity index is 1.95. The Morgan fingerprint density at radius 1 is 1.03 bits per heavy atom. The lowest BCUT2D eigenvalue weighted by Gasteiger charge is -2.20. The van der Waals surface area contributed by atoms with Gasteiger partial charge in [0.25, 0.3) is 5.91 Å². The summed E-state index contributed by atoms with van der Waals surface area (Å²) >= 11 is 0. The number of methoxy groups -OCH3 is 1. The maximum Gasteiger partial charge on any atom is 0.416 e. The van der Waals surface area contributed by atoms with Gasteiger partial charge in [0.05, 0.1) is 18.7 Å². The van der Waals surface area contributed by atoms with Crippen LogP contribution in [0.5, 0.6) is 5.75 Å². The number of carbonyl (C=O) groups excluding carboxylic acids is 1. The molecule has 0 aliphatic heterocycles. The van der Waals surface area contributed by atoms with Gasteiger partial charge in [-0.05, 0) is 54.1 Å². The molecule has 1 amide bonds. The van der Waals surface area contributed by atoms with Crippen LogP contribution >= 0.6 is 0 Å². The molecule has 0 saturated heterocycles. The molecule has 0 aliphatic rings. The minimum Gasteiger partial charge on any atom is -0.497 e. The topological polar surface area (TPSA) is 51.2 Å². The molecule has 8 heteroatoms. The smallest absolute Gasteiger partial charge is 0.416 e. The van der Waals surface area contributed by atoms with E-state index in [9.17, 15) is 22.4 Å². The van der Waals surface area contributed by atoms with Crippen molar-refractivity contribution in [3.05, 3.63) is 95.1 Å². The number of benzene rings is 2. The van der Waals surface area contributed by atoms with Gasteiger partial charge in [-0.25, -0.2) is 4.39 Å². The number of pyridine rings is 1. The van der Waals surface area contributed by atoms with Crippen molar-refractivity contribution in [2.45, 2.75) is 12.2 Å². The standard InChI is InChI=1S/C21H16F4N2O2/c1-29-16-10-6-14(7-11-16)20(28)27-18(19-17(22)3-2-12-26-19)13-4-8-15(9-5-13)21(23,24)25/h2-12,18H,1H3,(H,27,28). The number of rotatable bonds is 5. The van der Waals surface area contributed by atoms with Crippen LogP contribution < -0.4 is 10.1 Å². The molecule has 1 atom stereocenters. The van der Waals surface area contributed by atoms with E-state index in [1.165, 1.54) is 49.7 Å². The van der Waals surface area contributed by atoms with E-state index in [4.69, 9.17) is 4.74 Å². The molecule has 3 rings (SSSR count). The van der Waals surface area contributed by atoms with E-state index in [1.54, 1.807) is 12.1 Å². The van der Waals surface area contributed by atoms with Crippen molar-refractivity contribution in [1.29, 1.82) is 0 Å². The molecule has 1 aromatic heterocycles. The predicted molar refractivity (Wildman–Crippen MR) is 97.9 cm³/mol. The molecule has 150 valence electrons. The second kappa shape index (κ2) is 8.30.